The van der Waals surface area contributed by atoms with Gasteiger partial charge in [-0.1, -0.05) is 31.2 Å². The van der Waals surface area contributed by atoms with Crippen molar-refractivity contribution in [1.82, 2.24) is 9.80 Å². The van der Waals surface area contributed by atoms with Crippen molar-refractivity contribution in [2.75, 3.05) is 19.6 Å². The van der Waals surface area contributed by atoms with Crippen molar-refractivity contribution in [3.05, 3.63) is 65.2 Å². The number of nitrogens with zero attached hydrogens (tertiary/aromatic N) is 3. The van der Waals surface area contributed by atoms with Crippen LogP contribution in [0.4, 0.5) is 0 Å². The summed E-state index contributed by atoms with van der Waals surface area (Å²) in [6.45, 7) is 9.83. The van der Waals surface area contributed by atoms with Gasteiger partial charge in [-0.05, 0) is 55.8 Å². The number of aromatic hydroxyl groups is 1. The van der Waals surface area contributed by atoms with Crippen LogP contribution in [0.15, 0.2) is 48.5 Å². The molecular formula is C22H27N3O. The first-order valence-corrected chi connectivity index (χ1v) is 9.32. The summed E-state index contributed by atoms with van der Waals surface area (Å²) in [7, 11) is 0. The normalized spacial score (nSPS) is 22.7. The fourth-order valence-electron chi connectivity index (χ4n) is 4.04. The van der Waals surface area contributed by atoms with E-state index in [0.29, 0.717) is 17.6 Å². The van der Waals surface area contributed by atoms with Gasteiger partial charge in [0.25, 0.3) is 0 Å². The highest BCUT2D eigenvalue weighted by Gasteiger charge is 2.34. The summed E-state index contributed by atoms with van der Waals surface area (Å²) in [5.74, 6) is 0.286. The second-order valence-corrected chi connectivity index (χ2v) is 7.21. The van der Waals surface area contributed by atoms with Gasteiger partial charge in [0, 0.05) is 25.2 Å². The minimum Gasteiger partial charge on any atom is -0.508 e. The second-order valence-electron chi connectivity index (χ2n) is 7.21. The summed E-state index contributed by atoms with van der Waals surface area (Å²) in [6.07, 6.45) is 0. The quantitative estimate of drug-likeness (QED) is 0.913. The van der Waals surface area contributed by atoms with Crippen LogP contribution in [0.2, 0.25) is 0 Å². The van der Waals surface area contributed by atoms with Gasteiger partial charge < -0.3 is 5.11 Å². The fourth-order valence-corrected chi connectivity index (χ4v) is 4.04. The molecular weight excluding hydrogens is 322 g/mol. The number of piperazine rings is 1. The maximum absolute atomic E-state index is 10.0. The first-order chi connectivity index (χ1) is 12.5. The predicted molar refractivity (Wildman–Crippen MR) is 104 cm³/mol. The highest BCUT2D eigenvalue weighted by atomic mass is 16.3. The summed E-state index contributed by atoms with van der Waals surface area (Å²) in [4.78, 5) is 5.03. The van der Waals surface area contributed by atoms with Crippen molar-refractivity contribution in [3.8, 4) is 11.8 Å². The summed E-state index contributed by atoms with van der Waals surface area (Å²) in [5, 5.41) is 19.1. The van der Waals surface area contributed by atoms with E-state index >= 15 is 0 Å². The van der Waals surface area contributed by atoms with Crippen LogP contribution in [-0.2, 0) is 0 Å². The number of hydrogen-bond acceptors (Lipinski definition) is 4. The lowest BCUT2D eigenvalue weighted by Gasteiger charge is -2.47. The van der Waals surface area contributed by atoms with Crippen molar-refractivity contribution in [3.63, 3.8) is 0 Å². The molecule has 0 amide bonds. The zero-order valence-electron chi connectivity index (χ0n) is 15.8. The van der Waals surface area contributed by atoms with Crippen LogP contribution in [0.25, 0.3) is 0 Å². The Morgan fingerprint density at radius 1 is 1.08 bits per heavy atom. The maximum Gasteiger partial charge on any atom is 0.115 e. The molecule has 2 aromatic rings. The van der Waals surface area contributed by atoms with E-state index in [2.05, 4.69) is 42.7 Å². The van der Waals surface area contributed by atoms with Gasteiger partial charge in [-0.3, -0.25) is 9.80 Å². The largest absolute Gasteiger partial charge is 0.508 e. The third-order valence-corrected chi connectivity index (χ3v) is 5.44. The van der Waals surface area contributed by atoms with Gasteiger partial charge in [0.15, 0.2) is 0 Å². The van der Waals surface area contributed by atoms with Crippen molar-refractivity contribution < 1.29 is 5.11 Å². The van der Waals surface area contributed by atoms with Crippen LogP contribution in [0, 0.1) is 11.3 Å². The van der Waals surface area contributed by atoms with Crippen LogP contribution in [-0.4, -0.2) is 46.6 Å². The molecule has 0 radical (unpaired) electrons. The second kappa shape index (κ2) is 7.90. The number of benzene rings is 2. The molecule has 2 aromatic carbocycles. The molecule has 1 aliphatic heterocycles. The van der Waals surface area contributed by atoms with Gasteiger partial charge in [-0.2, -0.15) is 5.26 Å². The van der Waals surface area contributed by atoms with Crippen molar-refractivity contribution in [2.24, 2.45) is 0 Å². The first kappa shape index (κ1) is 18.4. The molecule has 1 N–H and O–H groups in total. The number of hydrogen-bond donors (Lipinski definition) is 1. The van der Waals surface area contributed by atoms with Gasteiger partial charge in [-0.15, -0.1) is 0 Å². The van der Waals surface area contributed by atoms with E-state index in [4.69, 9.17) is 5.26 Å². The molecule has 3 rings (SSSR count). The Bertz CT molecular complexity index is 781. The molecule has 1 heterocycles. The molecule has 1 fully saturated rings. The highest BCUT2D eigenvalue weighted by Crippen LogP contribution is 2.34. The SMILES string of the molecule is CCN1C[C@H](C)N([C@H](c2ccc(C#N)cc2)c2cccc(O)c2)C[C@H]1C. The summed E-state index contributed by atoms with van der Waals surface area (Å²) in [6, 6.07) is 18.5. The Balaban J connectivity index is 2.01. The fraction of sp³-hybridized carbons (Fsp3) is 0.409. The van der Waals surface area contributed by atoms with Crippen molar-refractivity contribution in [1.29, 1.82) is 5.26 Å². The molecule has 0 saturated carbocycles. The number of nitriles is 1. The average Bonchev–Trinajstić information content (AvgIpc) is 2.65. The third-order valence-electron chi connectivity index (χ3n) is 5.44. The predicted octanol–water partition coefficient (Wildman–Crippen LogP) is 3.77. The minimum absolute atomic E-state index is 0.0614. The lowest BCUT2D eigenvalue weighted by atomic mass is 9.93. The van der Waals surface area contributed by atoms with Crippen LogP contribution >= 0.6 is 0 Å². The molecule has 0 aromatic heterocycles. The summed E-state index contributed by atoms with van der Waals surface area (Å²) < 4.78 is 0. The van der Waals surface area contributed by atoms with Crippen LogP contribution in [0.5, 0.6) is 5.75 Å². The van der Waals surface area contributed by atoms with E-state index in [-0.39, 0.29) is 11.8 Å². The van der Waals surface area contributed by atoms with E-state index in [1.165, 1.54) is 0 Å². The van der Waals surface area contributed by atoms with Crippen LogP contribution < -0.4 is 0 Å². The zero-order chi connectivity index (χ0) is 18.7. The van der Waals surface area contributed by atoms with Crippen LogP contribution in [0.3, 0.4) is 0 Å². The standard InChI is InChI=1S/C22H27N3O/c1-4-24-14-17(3)25(15-16(24)2)22(20-6-5-7-21(26)12-20)19-10-8-18(13-23)9-11-19/h5-12,16-17,22,26H,4,14-15H2,1-3H3/t16-,17+,22-/m1/s1. The molecule has 136 valence electrons. The molecule has 4 heteroatoms. The number of rotatable bonds is 4. The highest BCUT2D eigenvalue weighted by molar-refractivity contribution is 5.39. The molecule has 0 unspecified atom stereocenters. The smallest absolute Gasteiger partial charge is 0.115 e. The van der Waals surface area contributed by atoms with Gasteiger partial charge >= 0.3 is 0 Å². The molecule has 1 saturated heterocycles. The monoisotopic (exact) mass is 349 g/mol. The summed E-state index contributed by atoms with van der Waals surface area (Å²) in [5.41, 5.74) is 2.90. The molecule has 4 nitrogen and oxygen atoms in total. The van der Waals surface area contributed by atoms with E-state index in [0.717, 1.165) is 30.8 Å². The Hall–Kier alpha value is -2.35. The molecule has 3 atom stereocenters. The Morgan fingerprint density at radius 2 is 1.81 bits per heavy atom. The van der Waals surface area contributed by atoms with Crippen LogP contribution in [0.1, 0.15) is 43.5 Å². The molecule has 0 spiro atoms. The molecule has 1 aliphatic rings. The number of phenolic OH excluding ortho intramolecular Hbond substituents is 1. The zero-order valence-corrected chi connectivity index (χ0v) is 15.8. The van der Waals surface area contributed by atoms with Crippen molar-refractivity contribution in [2.45, 2.75) is 38.9 Å². The van der Waals surface area contributed by atoms with Crippen molar-refractivity contribution >= 4 is 0 Å². The molecule has 0 bridgehead atoms. The van der Waals surface area contributed by atoms with E-state index in [9.17, 15) is 5.11 Å². The molecule has 26 heavy (non-hydrogen) atoms. The summed E-state index contributed by atoms with van der Waals surface area (Å²) >= 11 is 0. The van der Waals surface area contributed by atoms with Gasteiger partial charge in [0.2, 0.25) is 0 Å². The Morgan fingerprint density at radius 3 is 2.42 bits per heavy atom. The first-order valence-electron chi connectivity index (χ1n) is 9.32. The average molecular weight is 349 g/mol. The lowest BCUT2D eigenvalue weighted by molar-refractivity contribution is 0.0271. The Kier molecular flexibility index (Phi) is 5.61. The minimum atomic E-state index is 0.0614. The molecule has 0 aliphatic carbocycles. The van der Waals surface area contributed by atoms with E-state index in [1.54, 1.807) is 6.07 Å². The number of likely N-dealkylation sites (N-methyl/N-ethyl adjacent to an activating group) is 1. The van der Waals surface area contributed by atoms with Gasteiger partial charge in [0.1, 0.15) is 5.75 Å². The van der Waals surface area contributed by atoms with E-state index < -0.39 is 0 Å². The lowest BCUT2D eigenvalue weighted by Crippen LogP contribution is -2.57. The van der Waals surface area contributed by atoms with Gasteiger partial charge in [-0.25, -0.2) is 0 Å². The van der Waals surface area contributed by atoms with Gasteiger partial charge in [0.05, 0.1) is 17.7 Å². The topological polar surface area (TPSA) is 50.5 Å². The Labute approximate surface area is 156 Å². The number of phenols is 1. The maximum atomic E-state index is 10.0. The third kappa shape index (κ3) is 3.75. The van der Waals surface area contributed by atoms with E-state index in [1.807, 2.05) is 36.4 Å².